The number of rotatable bonds is 5. The SMILES string of the molecule is C=C(C)C(=O)OC1(C)CCCCCCC1(C)C.C=CC(=O)OCC1(C)CCCCCCC1C. The van der Waals surface area contributed by atoms with Crippen molar-refractivity contribution in [1.82, 2.24) is 0 Å². The molecule has 0 aromatic carbocycles. The molecule has 2 aliphatic carbocycles. The third-order valence-corrected chi connectivity index (χ3v) is 8.34. The van der Waals surface area contributed by atoms with Crippen LogP contribution in [0.15, 0.2) is 24.8 Å². The standard InChI is InChI=1S/C15H26O2.C14H24O2/c1-12(2)13(16)17-15(5)11-9-7-6-8-10-14(15,3)4;1-4-13(15)16-11-14(3)10-8-6-5-7-9-12(14)2/h1,6-11H2,2-5H3;4,12H,1,5-11H2,2-3H3. The average Bonchev–Trinajstić information content (AvgIpc) is 2.74. The highest BCUT2D eigenvalue weighted by Gasteiger charge is 2.44. The van der Waals surface area contributed by atoms with Crippen LogP contribution in [-0.2, 0) is 19.1 Å². The summed E-state index contributed by atoms with van der Waals surface area (Å²) in [6.07, 6.45) is 15.9. The summed E-state index contributed by atoms with van der Waals surface area (Å²) in [6, 6.07) is 0. The van der Waals surface area contributed by atoms with Gasteiger partial charge >= 0.3 is 11.9 Å². The lowest BCUT2D eigenvalue weighted by molar-refractivity contribution is -0.170. The van der Waals surface area contributed by atoms with Crippen molar-refractivity contribution < 1.29 is 19.1 Å². The molecule has 2 saturated carbocycles. The van der Waals surface area contributed by atoms with Gasteiger partial charge < -0.3 is 9.47 Å². The Morgan fingerprint density at radius 2 is 1.45 bits per heavy atom. The van der Waals surface area contributed by atoms with Gasteiger partial charge in [-0.25, -0.2) is 9.59 Å². The zero-order valence-electron chi connectivity index (χ0n) is 22.4. The van der Waals surface area contributed by atoms with Crippen LogP contribution in [0, 0.1) is 16.7 Å². The van der Waals surface area contributed by atoms with E-state index in [1.54, 1.807) is 6.92 Å². The molecule has 0 bridgehead atoms. The number of carbonyl (C=O) groups is 2. The fraction of sp³-hybridized carbons (Fsp3) is 0.793. The Labute approximate surface area is 203 Å². The molecule has 3 unspecified atom stereocenters. The Kier molecular flexibility index (Phi) is 11.9. The van der Waals surface area contributed by atoms with Crippen LogP contribution in [0.3, 0.4) is 0 Å². The Hall–Kier alpha value is -1.58. The average molecular weight is 463 g/mol. The van der Waals surface area contributed by atoms with Gasteiger partial charge in [-0.1, -0.05) is 92.2 Å². The molecule has 0 radical (unpaired) electrons. The molecule has 0 aliphatic heterocycles. The molecule has 190 valence electrons. The van der Waals surface area contributed by atoms with Crippen LogP contribution in [0.25, 0.3) is 0 Å². The van der Waals surface area contributed by atoms with Crippen molar-refractivity contribution in [3.05, 3.63) is 24.8 Å². The largest absolute Gasteiger partial charge is 0.462 e. The molecule has 0 aromatic heterocycles. The van der Waals surface area contributed by atoms with Crippen LogP contribution < -0.4 is 0 Å². The van der Waals surface area contributed by atoms with Crippen molar-refractivity contribution in [2.75, 3.05) is 6.61 Å². The number of ether oxygens (including phenoxy) is 2. The number of hydrogen-bond donors (Lipinski definition) is 0. The first-order valence-electron chi connectivity index (χ1n) is 13.0. The van der Waals surface area contributed by atoms with Gasteiger partial charge in [0.2, 0.25) is 0 Å². The van der Waals surface area contributed by atoms with E-state index in [9.17, 15) is 9.59 Å². The fourth-order valence-corrected chi connectivity index (χ4v) is 4.90. The van der Waals surface area contributed by atoms with Crippen LogP contribution in [0.2, 0.25) is 0 Å². The van der Waals surface area contributed by atoms with Crippen molar-refractivity contribution >= 4 is 11.9 Å². The molecule has 2 aliphatic rings. The minimum absolute atomic E-state index is 0.0402. The molecular formula is C29H50O4. The Balaban J connectivity index is 0.000000331. The van der Waals surface area contributed by atoms with E-state index in [2.05, 4.69) is 47.8 Å². The van der Waals surface area contributed by atoms with E-state index >= 15 is 0 Å². The summed E-state index contributed by atoms with van der Waals surface area (Å²) in [5.74, 6) is 0.0852. The highest BCUT2D eigenvalue weighted by Crippen LogP contribution is 2.44. The van der Waals surface area contributed by atoms with Gasteiger partial charge in [0.15, 0.2) is 0 Å². The van der Waals surface area contributed by atoms with Crippen LogP contribution in [0.1, 0.15) is 119 Å². The van der Waals surface area contributed by atoms with Crippen molar-refractivity contribution in [3.63, 3.8) is 0 Å². The number of esters is 2. The molecule has 4 heteroatoms. The highest BCUT2D eigenvalue weighted by atomic mass is 16.6. The lowest BCUT2D eigenvalue weighted by Gasteiger charge is -2.45. The van der Waals surface area contributed by atoms with Crippen LogP contribution >= 0.6 is 0 Å². The third-order valence-electron chi connectivity index (χ3n) is 8.34. The summed E-state index contributed by atoms with van der Waals surface area (Å²) >= 11 is 0. The van der Waals surface area contributed by atoms with Gasteiger partial charge in [-0.05, 0) is 45.4 Å². The van der Waals surface area contributed by atoms with Crippen LogP contribution in [-0.4, -0.2) is 24.1 Å². The summed E-state index contributed by atoms with van der Waals surface area (Å²) < 4.78 is 11.0. The second-order valence-electron chi connectivity index (χ2n) is 11.5. The molecule has 3 atom stereocenters. The zero-order valence-corrected chi connectivity index (χ0v) is 22.4. The minimum atomic E-state index is -0.358. The molecule has 0 N–H and O–H groups in total. The zero-order chi connectivity index (χ0) is 25.1. The molecule has 0 amide bonds. The van der Waals surface area contributed by atoms with E-state index in [1.165, 1.54) is 63.9 Å². The van der Waals surface area contributed by atoms with Gasteiger partial charge in [0.1, 0.15) is 5.60 Å². The molecule has 0 saturated heterocycles. The molecule has 0 spiro atoms. The van der Waals surface area contributed by atoms with E-state index in [0.717, 1.165) is 19.3 Å². The lowest BCUT2D eigenvalue weighted by Crippen LogP contribution is -2.46. The lowest BCUT2D eigenvalue weighted by atomic mass is 9.68. The monoisotopic (exact) mass is 462 g/mol. The normalized spacial score (nSPS) is 30.1. The third kappa shape index (κ3) is 9.29. The number of carbonyl (C=O) groups excluding carboxylic acids is 2. The predicted molar refractivity (Wildman–Crippen MR) is 137 cm³/mol. The number of hydrogen-bond acceptors (Lipinski definition) is 4. The first-order valence-corrected chi connectivity index (χ1v) is 13.0. The second-order valence-corrected chi connectivity index (χ2v) is 11.5. The van der Waals surface area contributed by atoms with Gasteiger partial charge in [0.25, 0.3) is 0 Å². The van der Waals surface area contributed by atoms with E-state index in [4.69, 9.17) is 9.47 Å². The summed E-state index contributed by atoms with van der Waals surface area (Å²) in [5.41, 5.74) is 0.324. The Morgan fingerprint density at radius 3 is 2.03 bits per heavy atom. The minimum Gasteiger partial charge on any atom is -0.462 e. The van der Waals surface area contributed by atoms with E-state index in [1.807, 2.05) is 0 Å². The highest BCUT2D eigenvalue weighted by molar-refractivity contribution is 5.87. The second kappa shape index (κ2) is 13.3. The van der Waals surface area contributed by atoms with Gasteiger partial charge in [0.05, 0.1) is 6.61 Å². The van der Waals surface area contributed by atoms with Gasteiger partial charge in [-0.15, -0.1) is 0 Å². The Morgan fingerprint density at radius 1 is 0.909 bits per heavy atom. The molecule has 4 nitrogen and oxygen atoms in total. The molecule has 33 heavy (non-hydrogen) atoms. The van der Waals surface area contributed by atoms with Gasteiger partial charge in [-0.2, -0.15) is 0 Å². The fourth-order valence-electron chi connectivity index (χ4n) is 4.90. The first-order chi connectivity index (χ1) is 15.4. The maximum atomic E-state index is 11.8. The summed E-state index contributed by atoms with van der Waals surface area (Å²) in [6.45, 7) is 20.4. The topological polar surface area (TPSA) is 52.6 Å². The van der Waals surface area contributed by atoms with Crippen LogP contribution in [0.4, 0.5) is 0 Å². The van der Waals surface area contributed by atoms with Crippen LogP contribution in [0.5, 0.6) is 0 Å². The maximum absolute atomic E-state index is 11.8. The van der Waals surface area contributed by atoms with E-state index < -0.39 is 0 Å². The maximum Gasteiger partial charge on any atom is 0.333 e. The summed E-state index contributed by atoms with van der Waals surface area (Å²) in [4.78, 5) is 22.9. The smallest absolute Gasteiger partial charge is 0.333 e. The van der Waals surface area contributed by atoms with Crippen molar-refractivity contribution in [2.24, 2.45) is 16.7 Å². The van der Waals surface area contributed by atoms with Crippen molar-refractivity contribution in [1.29, 1.82) is 0 Å². The van der Waals surface area contributed by atoms with Gasteiger partial charge in [0, 0.05) is 22.5 Å². The molecule has 2 fully saturated rings. The quantitative estimate of drug-likeness (QED) is 0.307. The molecule has 0 heterocycles. The van der Waals surface area contributed by atoms with E-state index in [-0.39, 0.29) is 28.4 Å². The summed E-state index contributed by atoms with van der Waals surface area (Å²) in [7, 11) is 0. The predicted octanol–water partition coefficient (Wildman–Crippen LogP) is 7.96. The van der Waals surface area contributed by atoms with Crippen molar-refractivity contribution in [2.45, 2.75) is 124 Å². The Bertz CT molecular complexity index is 665. The first kappa shape index (κ1) is 29.5. The molecule has 2 rings (SSSR count). The van der Waals surface area contributed by atoms with Gasteiger partial charge in [-0.3, -0.25) is 0 Å². The molecular weight excluding hydrogens is 412 g/mol. The molecule has 0 aromatic rings. The summed E-state index contributed by atoms with van der Waals surface area (Å²) in [5, 5.41) is 0. The van der Waals surface area contributed by atoms with Crippen molar-refractivity contribution in [3.8, 4) is 0 Å². The van der Waals surface area contributed by atoms with E-state index in [0.29, 0.717) is 18.1 Å².